The maximum absolute atomic E-state index is 12.2. The van der Waals surface area contributed by atoms with Crippen LogP contribution in [-0.2, 0) is 10.2 Å². The van der Waals surface area contributed by atoms with E-state index >= 15 is 0 Å². The van der Waals surface area contributed by atoms with Gasteiger partial charge in [0.15, 0.2) is 0 Å². The van der Waals surface area contributed by atoms with E-state index < -0.39 is 10.2 Å². The predicted octanol–water partition coefficient (Wildman–Crippen LogP) is 1.49. The molecule has 0 amide bonds. The maximum atomic E-state index is 12.2. The van der Waals surface area contributed by atoms with E-state index in [2.05, 4.69) is 4.72 Å². The van der Waals surface area contributed by atoms with Gasteiger partial charge in [-0.05, 0) is 31.6 Å². The van der Waals surface area contributed by atoms with Crippen LogP contribution in [0.4, 0.5) is 0 Å². The van der Waals surface area contributed by atoms with E-state index in [1.807, 2.05) is 13.8 Å². The topological polar surface area (TPSA) is 69.6 Å². The lowest BCUT2D eigenvalue weighted by molar-refractivity contribution is 0.0722. The molecule has 1 aliphatic rings. The van der Waals surface area contributed by atoms with Crippen LogP contribution in [0.3, 0.4) is 0 Å². The minimum atomic E-state index is -3.40. The molecule has 0 aromatic rings. The molecule has 1 aliphatic carbocycles. The molecule has 2 unspecified atom stereocenters. The lowest BCUT2D eigenvalue weighted by Crippen LogP contribution is -2.45. The lowest BCUT2D eigenvalue weighted by Gasteiger charge is -2.29. The zero-order valence-electron chi connectivity index (χ0n) is 12.1. The smallest absolute Gasteiger partial charge is 0.279 e. The van der Waals surface area contributed by atoms with Crippen molar-refractivity contribution in [2.45, 2.75) is 58.5 Å². The second-order valence-corrected chi connectivity index (χ2v) is 7.12. The number of aliphatic hydroxyl groups is 1. The molecule has 0 heterocycles. The Kier molecular flexibility index (Phi) is 7.28. The highest BCUT2D eigenvalue weighted by atomic mass is 32.2. The molecule has 1 rings (SSSR count). The van der Waals surface area contributed by atoms with E-state index in [9.17, 15) is 13.5 Å². The van der Waals surface area contributed by atoms with Crippen LogP contribution in [-0.4, -0.2) is 43.6 Å². The van der Waals surface area contributed by atoms with Crippen LogP contribution in [0.5, 0.6) is 0 Å². The summed E-state index contributed by atoms with van der Waals surface area (Å²) in [5.74, 6) is 0.0635. The van der Waals surface area contributed by atoms with E-state index in [0.29, 0.717) is 19.6 Å². The zero-order valence-corrected chi connectivity index (χ0v) is 13.0. The fraction of sp³-hybridized carbons (Fsp3) is 1.00. The Balaban J connectivity index is 2.52. The molecule has 0 spiro atoms. The molecule has 114 valence electrons. The van der Waals surface area contributed by atoms with Crippen molar-refractivity contribution in [2.24, 2.45) is 5.92 Å². The van der Waals surface area contributed by atoms with E-state index in [-0.39, 0.29) is 12.0 Å². The van der Waals surface area contributed by atoms with Crippen molar-refractivity contribution in [1.29, 1.82) is 0 Å². The summed E-state index contributed by atoms with van der Waals surface area (Å²) < 4.78 is 28.6. The minimum Gasteiger partial charge on any atom is -0.393 e. The Morgan fingerprint density at radius 1 is 1.16 bits per heavy atom. The van der Waals surface area contributed by atoms with Crippen molar-refractivity contribution in [1.82, 2.24) is 9.03 Å². The van der Waals surface area contributed by atoms with Crippen molar-refractivity contribution in [2.75, 3.05) is 19.6 Å². The fourth-order valence-electron chi connectivity index (χ4n) is 2.58. The molecule has 5 nitrogen and oxygen atoms in total. The lowest BCUT2D eigenvalue weighted by atomic mass is 9.87. The Bertz CT molecular complexity index is 340. The van der Waals surface area contributed by atoms with Crippen LogP contribution in [0.1, 0.15) is 52.4 Å². The number of nitrogens with zero attached hydrogens (tertiary/aromatic N) is 1. The predicted molar refractivity (Wildman–Crippen MR) is 77.0 cm³/mol. The molecule has 19 heavy (non-hydrogen) atoms. The summed E-state index contributed by atoms with van der Waals surface area (Å²) in [6, 6.07) is 0. The van der Waals surface area contributed by atoms with Crippen LogP contribution in [0.2, 0.25) is 0 Å². The molecule has 1 fully saturated rings. The standard InChI is InChI=1S/C13H28N2O3S/c1-3-9-15(10-4-2)19(17,18)14-11-12-7-5-6-8-13(12)16/h12-14,16H,3-11H2,1-2H3. The van der Waals surface area contributed by atoms with Crippen LogP contribution in [0, 0.1) is 5.92 Å². The highest BCUT2D eigenvalue weighted by molar-refractivity contribution is 7.87. The molecular weight excluding hydrogens is 264 g/mol. The fourth-order valence-corrected chi connectivity index (χ4v) is 4.03. The average molecular weight is 292 g/mol. The summed E-state index contributed by atoms with van der Waals surface area (Å²) in [7, 11) is -3.40. The monoisotopic (exact) mass is 292 g/mol. The van der Waals surface area contributed by atoms with Crippen molar-refractivity contribution in [3.63, 3.8) is 0 Å². The number of rotatable bonds is 8. The van der Waals surface area contributed by atoms with E-state index in [1.54, 1.807) is 0 Å². The van der Waals surface area contributed by atoms with Crippen molar-refractivity contribution in [3.8, 4) is 0 Å². The number of nitrogens with one attached hydrogen (secondary N) is 1. The van der Waals surface area contributed by atoms with Gasteiger partial charge in [-0.1, -0.05) is 26.7 Å². The molecule has 0 aromatic heterocycles. The summed E-state index contributed by atoms with van der Waals surface area (Å²) in [5, 5.41) is 9.86. The van der Waals surface area contributed by atoms with Gasteiger partial charge in [-0.25, -0.2) is 4.72 Å². The molecule has 0 bridgehead atoms. The third-order valence-electron chi connectivity index (χ3n) is 3.68. The molecule has 0 radical (unpaired) electrons. The minimum absolute atomic E-state index is 0.0635. The summed E-state index contributed by atoms with van der Waals surface area (Å²) in [5.41, 5.74) is 0. The highest BCUT2D eigenvalue weighted by Gasteiger charge is 2.26. The molecule has 1 saturated carbocycles. The normalized spacial score (nSPS) is 24.8. The van der Waals surface area contributed by atoms with Gasteiger partial charge in [-0.15, -0.1) is 0 Å². The van der Waals surface area contributed by atoms with Crippen molar-refractivity contribution >= 4 is 10.2 Å². The molecule has 0 aromatic carbocycles. The first-order chi connectivity index (χ1) is 9.01. The van der Waals surface area contributed by atoms with Crippen LogP contribution in [0.15, 0.2) is 0 Å². The van der Waals surface area contributed by atoms with E-state index in [1.165, 1.54) is 4.31 Å². The number of aliphatic hydroxyl groups excluding tert-OH is 1. The van der Waals surface area contributed by atoms with E-state index in [0.717, 1.165) is 38.5 Å². The average Bonchev–Trinajstić information content (AvgIpc) is 2.37. The van der Waals surface area contributed by atoms with Crippen LogP contribution in [0.25, 0.3) is 0 Å². The third-order valence-corrected chi connectivity index (χ3v) is 5.26. The Morgan fingerprint density at radius 3 is 2.26 bits per heavy atom. The first-order valence-electron chi connectivity index (χ1n) is 7.44. The van der Waals surface area contributed by atoms with Gasteiger partial charge in [-0.2, -0.15) is 12.7 Å². The zero-order chi connectivity index (χ0) is 14.3. The van der Waals surface area contributed by atoms with Crippen LogP contribution >= 0.6 is 0 Å². The largest absolute Gasteiger partial charge is 0.393 e. The Labute approximate surface area is 117 Å². The van der Waals surface area contributed by atoms with Gasteiger partial charge < -0.3 is 5.11 Å². The van der Waals surface area contributed by atoms with Crippen molar-refractivity contribution in [3.05, 3.63) is 0 Å². The molecule has 0 saturated heterocycles. The number of hydrogen-bond acceptors (Lipinski definition) is 3. The molecule has 6 heteroatoms. The molecule has 2 atom stereocenters. The van der Waals surface area contributed by atoms with Gasteiger partial charge in [0.05, 0.1) is 6.10 Å². The van der Waals surface area contributed by atoms with E-state index in [4.69, 9.17) is 0 Å². The van der Waals surface area contributed by atoms with Gasteiger partial charge in [0, 0.05) is 19.6 Å². The van der Waals surface area contributed by atoms with Crippen molar-refractivity contribution < 1.29 is 13.5 Å². The first kappa shape index (κ1) is 16.9. The summed E-state index contributed by atoms with van der Waals surface area (Å²) in [6.07, 6.45) is 5.09. The van der Waals surface area contributed by atoms with Gasteiger partial charge >= 0.3 is 0 Å². The third kappa shape index (κ3) is 5.38. The maximum Gasteiger partial charge on any atom is 0.279 e. The van der Waals surface area contributed by atoms with Crippen LogP contribution < -0.4 is 4.72 Å². The molecule has 0 aliphatic heterocycles. The Hall–Kier alpha value is -0.170. The van der Waals surface area contributed by atoms with Gasteiger partial charge in [0.2, 0.25) is 0 Å². The number of hydrogen-bond donors (Lipinski definition) is 2. The van der Waals surface area contributed by atoms with Gasteiger partial charge in [-0.3, -0.25) is 0 Å². The summed E-state index contributed by atoms with van der Waals surface area (Å²) in [4.78, 5) is 0. The second-order valence-electron chi connectivity index (χ2n) is 5.36. The second kappa shape index (κ2) is 8.19. The first-order valence-corrected chi connectivity index (χ1v) is 8.88. The quantitative estimate of drug-likeness (QED) is 0.712. The SMILES string of the molecule is CCCN(CCC)S(=O)(=O)NCC1CCCCC1O. The van der Waals surface area contributed by atoms with Gasteiger partial charge in [0.1, 0.15) is 0 Å². The highest BCUT2D eigenvalue weighted by Crippen LogP contribution is 2.23. The Morgan fingerprint density at radius 2 is 1.74 bits per heavy atom. The summed E-state index contributed by atoms with van der Waals surface area (Å²) >= 11 is 0. The molecular formula is C13H28N2O3S. The van der Waals surface area contributed by atoms with Gasteiger partial charge in [0.25, 0.3) is 10.2 Å². The summed E-state index contributed by atoms with van der Waals surface area (Å²) in [6.45, 7) is 5.41. The molecule has 2 N–H and O–H groups in total.